The van der Waals surface area contributed by atoms with Crippen molar-refractivity contribution < 1.29 is 61.9 Å². The first kappa shape index (κ1) is 36.7. The second-order valence-corrected chi connectivity index (χ2v) is 11.9. The molecule has 14 heteroatoms. The molecule has 3 unspecified atom stereocenters. The van der Waals surface area contributed by atoms with Crippen molar-refractivity contribution in [3.05, 3.63) is 75.8 Å². The molecular formula is C35H36F3NO10. The Morgan fingerprint density at radius 2 is 1.61 bits per heavy atom. The Balaban J connectivity index is 0.000000302. The number of esters is 1. The molecule has 0 spiro atoms. The third kappa shape index (κ3) is 7.63. The van der Waals surface area contributed by atoms with E-state index in [1.807, 2.05) is 6.92 Å². The number of aliphatic hydroxyl groups excluding tert-OH is 2. The summed E-state index contributed by atoms with van der Waals surface area (Å²) in [7, 11) is 1.40. The number of phenolic OH excluding ortho intramolecular Hbond substituents is 1. The number of allylic oxidation sites excluding steroid dienone is 4. The van der Waals surface area contributed by atoms with Crippen LogP contribution in [0.2, 0.25) is 0 Å². The Morgan fingerprint density at radius 3 is 2.27 bits per heavy atom. The number of phenols is 1. The third-order valence-electron chi connectivity index (χ3n) is 8.73. The van der Waals surface area contributed by atoms with Crippen LogP contribution in [0.3, 0.4) is 0 Å². The highest BCUT2D eigenvalue weighted by Gasteiger charge is 2.52. The summed E-state index contributed by atoms with van der Waals surface area (Å²) in [5.41, 5.74) is 1.10. The first-order valence-corrected chi connectivity index (χ1v) is 15.6. The van der Waals surface area contributed by atoms with Crippen LogP contribution >= 0.6 is 0 Å². The number of benzene rings is 2. The number of rotatable bonds is 8. The van der Waals surface area contributed by atoms with Crippen molar-refractivity contribution in [1.29, 1.82) is 0 Å². The van der Waals surface area contributed by atoms with Gasteiger partial charge >= 0.3 is 18.1 Å². The largest absolute Gasteiger partial charge is 0.511 e. The number of amides is 1. The van der Waals surface area contributed by atoms with E-state index in [9.17, 15) is 52.5 Å². The number of carbonyl (C=O) groups is 5. The zero-order valence-corrected chi connectivity index (χ0v) is 27.0. The number of alkyl halides is 3. The summed E-state index contributed by atoms with van der Waals surface area (Å²) < 4.78 is 46.0. The second kappa shape index (κ2) is 15.0. The van der Waals surface area contributed by atoms with Gasteiger partial charge in [-0.1, -0.05) is 37.6 Å². The number of hydrogen-bond acceptors (Lipinski definition) is 10. The number of hydrogen-bond donors (Lipinski definition) is 4. The Labute approximate surface area is 279 Å². The summed E-state index contributed by atoms with van der Waals surface area (Å²) in [5.74, 6) is -7.38. The van der Waals surface area contributed by atoms with E-state index in [4.69, 9.17) is 9.47 Å². The quantitative estimate of drug-likeness (QED) is 0.183. The molecule has 0 aromatic heterocycles. The monoisotopic (exact) mass is 687 g/mol. The average Bonchev–Trinajstić information content (AvgIpc) is 3.07. The zero-order chi connectivity index (χ0) is 36.2. The number of unbranched alkanes of at least 4 members (excludes halogenated alkanes) is 1. The van der Waals surface area contributed by atoms with Crippen LogP contribution in [0.25, 0.3) is 0 Å². The minimum Gasteiger partial charge on any atom is -0.511 e. The van der Waals surface area contributed by atoms with Gasteiger partial charge in [0.15, 0.2) is 17.3 Å². The number of aliphatic hydroxyl groups is 2. The van der Waals surface area contributed by atoms with Crippen molar-refractivity contribution in [1.82, 2.24) is 0 Å². The van der Waals surface area contributed by atoms with Gasteiger partial charge in [-0.2, -0.15) is 13.2 Å². The third-order valence-corrected chi connectivity index (χ3v) is 8.73. The number of anilines is 1. The van der Waals surface area contributed by atoms with E-state index >= 15 is 0 Å². The van der Waals surface area contributed by atoms with E-state index in [0.717, 1.165) is 6.42 Å². The number of ketones is 3. The van der Waals surface area contributed by atoms with E-state index in [1.165, 1.54) is 38.3 Å². The lowest BCUT2D eigenvalue weighted by Crippen LogP contribution is -2.43. The fraction of sp³-hybridized carbons (Fsp3) is 0.400. The van der Waals surface area contributed by atoms with Crippen molar-refractivity contribution in [2.24, 2.45) is 17.8 Å². The SMILES string of the molecule is CCCCC(=O)OCC(=O)C1CCC2=C(O)C3C(=O)c4c(OC)cccc4C(=O)C3C(O)=C2C1.Cc1cccc(NC(=O)C(F)(F)F)c1O. The summed E-state index contributed by atoms with van der Waals surface area (Å²) in [5, 5.41) is 33.1. The summed E-state index contributed by atoms with van der Waals surface area (Å²) >= 11 is 0. The Bertz CT molecular complexity index is 1740. The summed E-state index contributed by atoms with van der Waals surface area (Å²) in [6.45, 7) is 3.12. The first-order valence-electron chi connectivity index (χ1n) is 15.6. The van der Waals surface area contributed by atoms with Gasteiger partial charge in [0.1, 0.15) is 29.6 Å². The molecular weight excluding hydrogens is 651 g/mol. The van der Waals surface area contributed by atoms with Crippen molar-refractivity contribution in [3.63, 3.8) is 0 Å². The highest BCUT2D eigenvalue weighted by molar-refractivity contribution is 6.19. The minimum absolute atomic E-state index is 0.103. The number of para-hydroxylation sites is 1. The van der Waals surface area contributed by atoms with Gasteiger partial charge in [0.2, 0.25) is 0 Å². The molecule has 3 atom stereocenters. The van der Waals surface area contributed by atoms with Crippen molar-refractivity contribution in [2.75, 3.05) is 19.0 Å². The van der Waals surface area contributed by atoms with Gasteiger partial charge in [-0.3, -0.25) is 24.0 Å². The lowest BCUT2D eigenvalue weighted by molar-refractivity contribution is -0.167. The Hall–Kier alpha value is -5.14. The van der Waals surface area contributed by atoms with Gasteiger partial charge in [-0.05, 0) is 61.4 Å². The molecule has 49 heavy (non-hydrogen) atoms. The van der Waals surface area contributed by atoms with Gasteiger partial charge in [-0.15, -0.1) is 0 Å². The molecule has 3 aliphatic rings. The van der Waals surface area contributed by atoms with Crippen LogP contribution in [0.1, 0.15) is 71.7 Å². The van der Waals surface area contributed by atoms with E-state index in [-0.39, 0.29) is 71.5 Å². The fourth-order valence-corrected chi connectivity index (χ4v) is 6.10. The van der Waals surface area contributed by atoms with Crippen molar-refractivity contribution in [2.45, 2.75) is 58.5 Å². The smallest absolute Gasteiger partial charge is 0.471 e. The van der Waals surface area contributed by atoms with Gasteiger partial charge in [0.05, 0.1) is 30.2 Å². The Kier molecular flexibility index (Phi) is 11.2. The van der Waals surface area contributed by atoms with Crippen LogP contribution in [0.5, 0.6) is 11.5 Å². The van der Waals surface area contributed by atoms with Crippen LogP contribution < -0.4 is 10.1 Å². The minimum atomic E-state index is -4.96. The molecule has 3 aliphatic carbocycles. The van der Waals surface area contributed by atoms with Crippen LogP contribution in [-0.2, 0) is 19.1 Å². The number of ether oxygens (including phenoxy) is 2. The van der Waals surface area contributed by atoms with E-state index in [2.05, 4.69) is 0 Å². The molecule has 0 bridgehead atoms. The highest BCUT2D eigenvalue weighted by Crippen LogP contribution is 2.50. The fourth-order valence-electron chi connectivity index (χ4n) is 6.10. The van der Waals surface area contributed by atoms with Gasteiger partial charge in [0, 0.05) is 17.9 Å². The average molecular weight is 688 g/mol. The predicted molar refractivity (Wildman–Crippen MR) is 168 cm³/mol. The van der Waals surface area contributed by atoms with Crippen LogP contribution in [-0.4, -0.2) is 64.4 Å². The molecule has 1 fully saturated rings. The zero-order valence-electron chi connectivity index (χ0n) is 27.0. The molecule has 1 amide bonds. The number of aryl methyl sites for hydroxylation is 1. The van der Waals surface area contributed by atoms with Crippen molar-refractivity contribution >= 4 is 34.9 Å². The molecule has 11 nitrogen and oxygen atoms in total. The lowest BCUT2D eigenvalue weighted by atomic mass is 9.64. The summed E-state index contributed by atoms with van der Waals surface area (Å²) in [6, 6.07) is 8.80. The molecule has 0 aliphatic heterocycles. The van der Waals surface area contributed by atoms with Crippen molar-refractivity contribution in [3.8, 4) is 11.5 Å². The number of fused-ring (bicyclic) bond motifs is 3. The van der Waals surface area contributed by atoms with E-state index in [0.29, 0.717) is 29.6 Å². The maximum Gasteiger partial charge on any atom is 0.471 e. The van der Waals surface area contributed by atoms with Gasteiger partial charge < -0.3 is 30.1 Å². The highest BCUT2D eigenvalue weighted by atomic mass is 19.4. The number of nitrogens with one attached hydrogen (secondary N) is 1. The lowest BCUT2D eigenvalue weighted by Gasteiger charge is -2.38. The number of Topliss-reactive ketones (excluding diaryl/α,β-unsaturated/α-hetero) is 3. The molecule has 5 rings (SSSR count). The number of carbonyl (C=O) groups excluding carboxylic acids is 5. The van der Waals surface area contributed by atoms with Crippen LogP contribution in [0, 0.1) is 24.7 Å². The molecule has 2 aromatic rings. The molecule has 262 valence electrons. The standard InChI is InChI=1S/C26H28O8.C9H8F3NO2/c1-3-4-8-19(28)34-12-17(27)13-9-10-14-16(11-13)25(31)21-22(23(14)29)26(32)20-15(24(21)30)6-5-7-18(20)33-2;1-5-3-2-4-6(7(5)14)13-8(15)9(10,11)12/h5-7,13,21-22,29,31H,3-4,8-12H2,1-2H3;2-4,14H,1H3,(H,13,15). The maximum absolute atomic E-state index is 13.3. The summed E-state index contributed by atoms with van der Waals surface area (Å²) in [6.07, 6.45) is -2.43. The van der Waals surface area contributed by atoms with Gasteiger partial charge in [0.25, 0.3) is 0 Å². The molecule has 0 heterocycles. The van der Waals surface area contributed by atoms with E-state index < -0.39 is 47.4 Å². The number of aromatic hydroxyl groups is 1. The van der Waals surface area contributed by atoms with Crippen LogP contribution in [0.4, 0.5) is 18.9 Å². The first-order chi connectivity index (χ1) is 23.1. The molecule has 1 saturated carbocycles. The normalized spacial score (nSPS) is 19.9. The summed E-state index contributed by atoms with van der Waals surface area (Å²) in [4.78, 5) is 61.6. The molecule has 0 radical (unpaired) electrons. The topological polar surface area (TPSA) is 177 Å². The number of halogens is 3. The number of methoxy groups -OCH3 is 1. The van der Waals surface area contributed by atoms with E-state index in [1.54, 1.807) is 17.4 Å². The molecule has 0 saturated heterocycles. The predicted octanol–water partition coefficient (Wildman–Crippen LogP) is 6.25. The molecule has 2 aromatic carbocycles. The Morgan fingerprint density at radius 1 is 0.959 bits per heavy atom. The molecule has 4 N–H and O–H groups in total. The van der Waals surface area contributed by atoms with Gasteiger partial charge in [-0.25, -0.2) is 0 Å². The second-order valence-electron chi connectivity index (χ2n) is 11.9. The maximum atomic E-state index is 13.3. The van der Waals surface area contributed by atoms with Crippen LogP contribution in [0.15, 0.2) is 59.1 Å².